The molecule has 0 bridgehead atoms. The van der Waals surface area contributed by atoms with Gasteiger partial charge < -0.3 is 20.3 Å². The lowest BCUT2D eigenvalue weighted by molar-refractivity contribution is 0.0948. The molecule has 0 spiro atoms. The molecule has 1 aliphatic heterocycles. The van der Waals surface area contributed by atoms with Crippen molar-refractivity contribution in [3.05, 3.63) is 89.0 Å². The molecule has 3 aromatic carbocycles. The zero-order valence-corrected chi connectivity index (χ0v) is 19.9. The van der Waals surface area contributed by atoms with Gasteiger partial charge in [-0.15, -0.1) is 0 Å². The van der Waals surface area contributed by atoms with E-state index in [4.69, 9.17) is 4.74 Å². The van der Waals surface area contributed by atoms with Gasteiger partial charge in [0.15, 0.2) is 0 Å². The van der Waals surface area contributed by atoms with Crippen molar-refractivity contribution in [2.75, 3.05) is 30.4 Å². The van der Waals surface area contributed by atoms with Gasteiger partial charge in [-0.05, 0) is 59.9 Å². The molecular formula is C28H31N3O3. The SMILES string of the molecule is COc1cccc(C(=O)Nc2ccc(N3CCc4ccccc4C3)c(C(=O)NCC(C)C)c2)c1. The lowest BCUT2D eigenvalue weighted by Gasteiger charge is -2.32. The second-order valence-electron chi connectivity index (χ2n) is 8.96. The normalized spacial score (nSPS) is 12.8. The number of ether oxygens (including phenoxy) is 1. The summed E-state index contributed by atoms with van der Waals surface area (Å²) < 4.78 is 5.22. The Morgan fingerprint density at radius 3 is 2.53 bits per heavy atom. The number of carbonyl (C=O) groups excluding carboxylic acids is 2. The van der Waals surface area contributed by atoms with Gasteiger partial charge in [-0.1, -0.05) is 44.2 Å². The average molecular weight is 458 g/mol. The second kappa shape index (κ2) is 10.4. The van der Waals surface area contributed by atoms with Crippen molar-refractivity contribution < 1.29 is 14.3 Å². The zero-order chi connectivity index (χ0) is 24.1. The number of nitrogens with zero attached hydrogens (tertiary/aromatic N) is 1. The molecule has 0 unspecified atom stereocenters. The van der Waals surface area contributed by atoms with Crippen molar-refractivity contribution >= 4 is 23.2 Å². The van der Waals surface area contributed by atoms with Gasteiger partial charge in [0.05, 0.1) is 12.7 Å². The summed E-state index contributed by atoms with van der Waals surface area (Å²) >= 11 is 0. The lowest BCUT2D eigenvalue weighted by atomic mass is 9.98. The minimum atomic E-state index is -0.257. The Kier molecular flexibility index (Phi) is 7.16. The maximum absolute atomic E-state index is 13.2. The number of rotatable bonds is 7. The Hall–Kier alpha value is -3.80. The van der Waals surface area contributed by atoms with Crippen LogP contribution in [-0.4, -0.2) is 32.0 Å². The van der Waals surface area contributed by atoms with Gasteiger partial charge in [0.25, 0.3) is 11.8 Å². The van der Waals surface area contributed by atoms with E-state index in [0.717, 1.165) is 25.2 Å². The maximum atomic E-state index is 13.2. The summed E-state index contributed by atoms with van der Waals surface area (Å²) in [5, 5.41) is 5.95. The van der Waals surface area contributed by atoms with Crippen LogP contribution >= 0.6 is 0 Å². The summed E-state index contributed by atoms with van der Waals surface area (Å²) in [5.41, 5.74) is 5.12. The molecule has 6 nitrogen and oxygen atoms in total. The summed E-state index contributed by atoms with van der Waals surface area (Å²) in [7, 11) is 1.57. The molecule has 0 saturated carbocycles. The van der Waals surface area contributed by atoms with E-state index >= 15 is 0 Å². The number of fused-ring (bicyclic) bond motifs is 1. The second-order valence-corrected chi connectivity index (χ2v) is 8.96. The van der Waals surface area contributed by atoms with E-state index in [2.05, 4.69) is 53.6 Å². The van der Waals surface area contributed by atoms with E-state index in [1.165, 1.54) is 11.1 Å². The van der Waals surface area contributed by atoms with Gasteiger partial charge in [-0.3, -0.25) is 9.59 Å². The molecule has 4 rings (SSSR count). The van der Waals surface area contributed by atoms with Gasteiger partial charge in [0.2, 0.25) is 0 Å². The van der Waals surface area contributed by atoms with Gasteiger partial charge in [-0.25, -0.2) is 0 Å². The van der Waals surface area contributed by atoms with Crippen LogP contribution in [-0.2, 0) is 13.0 Å². The highest BCUT2D eigenvalue weighted by Crippen LogP contribution is 2.30. The number of carbonyl (C=O) groups is 2. The Labute approximate surface area is 200 Å². The van der Waals surface area contributed by atoms with E-state index in [0.29, 0.717) is 35.0 Å². The predicted molar refractivity (Wildman–Crippen MR) is 136 cm³/mol. The fraction of sp³-hybridized carbons (Fsp3) is 0.286. The minimum absolute atomic E-state index is 0.139. The van der Waals surface area contributed by atoms with Crippen molar-refractivity contribution in [1.82, 2.24) is 5.32 Å². The highest BCUT2D eigenvalue weighted by atomic mass is 16.5. The first-order valence-electron chi connectivity index (χ1n) is 11.6. The maximum Gasteiger partial charge on any atom is 0.255 e. The van der Waals surface area contributed by atoms with Crippen LogP contribution in [0.4, 0.5) is 11.4 Å². The van der Waals surface area contributed by atoms with E-state index < -0.39 is 0 Å². The van der Waals surface area contributed by atoms with E-state index in [1.807, 2.05) is 12.1 Å². The Morgan fingerprint density at radius 1 is 0.971 bits per heavy atom. The van der Waals surface area contributed by atoms with Gasteiger partial charge in [0, 0.05) is 36.6 Å². The molecule has 2 amide bonds. The number of methoxy groups -OCH3 is 1. The van der Waals surface area contributed by atoms with Crippen molar-refractivity contribution in [3.8, 4) is 5.75 Å². The molecule has 1 heterocycles. The lowest BCUT2D eigenvalue weighted by Crippen LogP contribution is -2.34. The van der Waals surface area contributed by atoms with Crippen LogP contribution in [0.25, 0.3) is 0 Å². The molecule has 0 atom stereocenters. The largest absolute Gasteiger partial charge is 0.497 e. The Morgan fingerprint density at radius 2 is 1.76 bits per heavy atom. The topological polar surface area (TPSA) is 70.7 Å². The summed E-state index contributed by atoms with van der Waals surface area (Å²) in [6.45, 7) is 6.29. The van der Waals surface area contributed by atoms with Crippen molar-refractivity contribution in [1.29, 1.82) is 0 Å². The minimum Gasteiger partial charge on any atom is -0.497 e. The number of benzene rings is 3. The average Bonchev–Trinajstić information content (AvgIpc) is 2.87. The third-order valence-electron chi connectivity index (χ3n) is 5.97. The van der Waals surface area contributed by atoms with E-state index in [1.54, 1.807) is 37.4 Å². The van der Waals surface area contributed by atoms with Gasteiger partial charge >= 0.3 is 0 Å². The number of amides is 2. The van der Waals surface area contributed by atoms with E-state index in [-0.39, 0.29) is 11.8 Å². The molecule has 6 heteroatoms. The molecule has 0 saturated heterocycles. The third kappa shape index (κ3) is 5.39. The highest BCUT2D eigenvalue weighted by Gasteiger charge is 2.22. The molecule has 176 valence electrons. The Bertz CT molecular complexity index is 1190. The first-order valence-corrected chi connectivity index (χ1v) is 11.6. The summed E-state index contributed by atoms with van der Waals surface area (Å²) in [4.78, 5) is 28.2. The van der Waals surface area contributed by atoms with Crippen LogP contribution in [0.3, 0.4) is 0 Å². The van der Waals surface area contributed by atoms with Crippen LogP contribution in [0, 0.1) is 5.92 Å². The third-order valence-corrected chi connectivity index (χ3v) is 5.97. The predicted octanol–water partition coefficient (Wildman–Crippen LogP) is 4.90. The standard InChI is InChI=1S/C28H31N3O3/c1-19(2)17-29-28(33)25-16-23(30-27(32)21-9-6-10-24(15-21)34-3)11-12-26(25)31-14-13-20-7-4-5-8-22(20)18-31/h4-12,15-16,19H,13-14,17-18H2,1-3H3,(H,29,33)(H,30,32). The molecule has 1 aliphatic rings. The first-order chi connectivity index (χ1) is 16.4. The van der Waals surface area contributed by atoms with Crippen LogP contribution in [0.2, 0.25) is 0 Å². The highest BCUT2D eigenvalue weighted by molar-refractivity contribution is 6.06. The van der Waals surface area contributed by atoms with Crippen molar-refractivity contribution in [3.63, 3.8) is 0 Å². The number of nitrogens with one attached hydrogen (secondary N) is 2. The molecule has 0 fully saturated rings. The van der Waals surface area contributed by atoms with Crippen LogP contribution in [0.5, 0.6) is 5.75 Å². The molecule has 3 aromatic rings. The monoisotopic (exact) mass is 457 g/mol. The summed E-state index contributed by atoms with van der Waals surface area (Å²) in [6.07, 6.45) is 0.928. The van der Waals surface area contributed by atoms with Crippen LogP contribution in [0.1, 0.15) is 45.7 Å². The molecule has 0 radical (unpaired) electrons. The Balaban J connectivity index is 1.61. The molecule has 34 heavy (non-hydrogen) atoms. The fourth-order valence-corrected chi connectivity index (χ4v) is 4.13. The summed E-state index contributed by atoms with van der Waals surface area (Å²) in [5.74, 6) is 0.555. The number of anilines is 2. The molecule has 0 aliphatic carbocycles. The van der Waals surface area contributed by atoms with Crippen LogP contribution < -0.4 is 20.3 Å². The molecular weight excluding hydrogens is 426 g/mol. The molecule has 2 N–H and O–H groups in total. The first kappa shape index (κ1) is 23.4. The molecule has 0 aromatic heterocycles. The zero-order valence-electron chi connectivity index (χ0n) is 19.9. The van der Waals surface area contributed by atoms with Crippen molar-refractivity contribution in [2.24, 2.45) is 5.92 Å². The smallest absolute Gasteiger partial charge is 0.255 e. The summed E-state index contributed by atoms with van der Waals surface area (Å²) in [6, 6.07) is 21.0. The van der Waals surface area contributed by atoms with Gasteiger partial charge in [-0.2, -0.15) is 0 Å². The van der Waals surface area contributed by atoms with Crippen LogP contribution in [0.15, 0.2) is 66.7 Å². The van der Waals surface area contributed by atoms with Gasteiger partial charge in [0.1, 0.15) is 5.75 Å². The van der Waals surface area contributed by atoms with Crippen molar-refractivity contribution in [2.45, 2.75) is 26.8 Å². The number of hydrogen-bond acceptors (Lipinski definition) is 4. The fourth-order valence-electron chi connectivity index (χ4n) is 4.13. The quantitative estimate of drug-likeness (QED) is 0.530. The van der Waals surface area contributed by atoms with E-state index in [9.17, 15) is 9.59 Å². The number of hydrogen-bond donors (Lipinski definition) is 2.